The fourth-order valence-electron chi connectivity index (χ4n) is 1.86. The van der Waals surface area contributed by atoms with E-state index in [0.717, 1.165) is 0 Å². The predicted octanol–water partition coefficient (Wildman–Crippen LogP) is 0.604. The average Bonchev–Trinajstić information content (AvgIpc) is 2.94. The lowest BCUT2D eigenvalue weighted by Crippen LogP contribution is -2.50. The molecular formula is C12H14N2O3S2. The Labute approximate surface area is 116 Å². The highest BCUT2D eigenvalue weighted by Gasteiger charge is 2.30. The van der Waals surface area contributed by atoms with Crippen LogP contribution in [0.25, 0.3) is 0 Å². The van der Waals surface area contributed by atoms with E-state index >= 15 is 0 Å². The Morgan fingerprint density at radius 3 is 2.53 bits per heavy atom. The van der Waals surface area contributed by atoms with Gasteiger partial charge in [-0.25, -0.2) is 8.42 Å². The smallest absolute Gasteiger partial charge is 0.298 e. The summed E-state index contributed by atoms with van der Waals surface area (Å²) in [5, 5.41) is 1.74. The Morgan fingerprint density at radius 2 is 2.00 bits per heavy atom. The molecule has 0 atom stereocenters. The SMILES string of the molecule is CC#CC(=O)N1CCN(S(=O)(=O)c2cccs2)CC1. The summed E-state index contributed by atoms with van der Waals surface area (Å²) in [6.07, 6.45) is 0. The number of nitrogens with zero attached hydrogens (tertiary/aromatic N) is 2. The van der Waals surface area contributed by atoms with Crippen LogP contribution < -0.4 is 0 Å². The summed E-state index contributed by atoms with van der Waals surface area (Å²) in [6.45, 7) is 3.01. The van der Waals surface area contributed by atoms with E-state index in [2.05, 4.69) is 11.8 Å². The molecule has 0 saturated carbocycles. The molecule has 19 heavy (non-hydrogen) atoms. The summed E-state index contributed by atoms with van der Waals surface area (Å²) in [7, 11) is -3.40. The van der Waals surface area contributed by atoms with Crippen molar-refractivity contribution in [2.75, 3.05) is 26.2 Å². The molecule has 2 heterocycles. The van der Waals surface area contributed by atoms with Crippen molar-refractivity contribution in [2.45, 2.75) is 11.1 Å². The number of rotatable bonds is 2. The van der Waals surface area contributed by atoms with Crippen molar-refractivity contribution < 1.29 is 13.2 Å². The summed E-state index contributed by atoms with van der Waals surface area (Å²) in [4.78, 5) is 13.1. The van der Waals surface area contributed by atoms with Gasteiger partial charge < -0.3 is 4.90 Å². The second-order valence-electron chi connectivity index (χ2n) is 4.00. The van der Waals surface area contributed by atoms with Crippen LogP contribution in [0.1, 0.15) is 6.92 Å². The molecule has 0 spiro atoms. The first-order valence-corrected chi connectivity index (χ1v) is 8.13. The van der Waals surface area contributed by atoms with E-state index in [9.17, 15) is 13.2 Å². The first kappa shape index (κ1) is 14.1. The van der Waals surface area contributed by atoms with Crippen LogP contribution in [-0.4, -0.2) is 49.7 Å². The molecule has 2 rings (SSSR count). The number of hydrogen-bond acceptors (Lipinski definition) is 4. The van der Waals surface area contributed by atoms with Gasteiger partial charge in [-0.15, -0.1) is 11.3 Å². The van der Waals surface area contributed by atoms with Crippen molar-refractivity contribution in [3.63, 3.8) is 0 Å². The molecule has 7 heteroatoms. The van der Waals surface area contributed by atoms with E-state index in [1.54, 1.807) is 29.3 Å². The van der Waals surface area contributed by atoms with Crippen molar-refractivity contribution >= 4 is 27.3 Å². The number of sulfonamides is 1. The monoisotopic (exact) mass is 298 g/mol. The fraction of sp³-hybridized carbons (Fsp3) is 0.417. The van der Waals surface area contributed by atoms with Crippen LogP contribution in [0.4, 0.5) is 0 Å². The standard InChI is InChI=1S/C12H14N2O3S2/c1-2-4-11(15)13-6-8-14(9-7-13)19(16,17)12-5-3-10-18-12/h3,5,10H,6-9H2,1H3. The maximum atomic E-state index is 12.3. The second kappa shape index (κ2) is 5.74. The normalized spacial score (nSPS) is 16.8. The minimum atomic E-state index is -3.40. The Morgan fingerprint density at radius 1 is 1.32 bits per heavy atom. The Balaban J connectivity index is 2.04. The number of amides is 1. The van der Waals surface area contributed by atoms with Gasteiger partial charge in [-0.3, -0.25) is 4.79 Å². The Kier molecular flexibility index (Phi) is 4.24. The highest BCUT2D eigenvalue weighted by molar-refractivity contribution is 7.91. The minimum Gasteiger partial charge on any atom is -0.329 e. The van der Waals surface area contributed by atoms with E-state index < -0.39 is 10.0 Å². The minimum absolute atomic E-state index is 0.240. The Bertz CT molecular complexity index is 603. The fourth-order valence-corrected chi connectivity index (χ4v) is 4.42. The number of carbonyl (C=O) groups is 1. The molecular weight excluding hydrogens is 284 g/mol. The summed E-state index contributed by atoms with van der Waals surface area (Å²) < 4.78 is 26.3. The van der Waals surface area contributed by atoms with Crippen LogP contribution >= 0.6 is 11.3 Å². The first-order chi connectivity index (χ1) is 9.05. The lowest BCUT2D eigenvalue weighted by molar-refractivity contribution is -0.126. The number of carbonyl (C=O) groups excluding carboxylic acids is 1. The number of piperazine rings is 1. The largest absolute Gasteiger partial charge is 0.329 e. The second-order valence-corrected chi connectivity index (χ2v) is 7.12. The van der Waals surface area contributed by atoms with Crippen molar-refractivity contribution in [1.82, 2.24) is 9.21 Å². The van der Waals surface area contributed by atoms with Gasteiger partial charge in [0.15, 0.2) is 0 Å². The van der Waals surface area contributed by atoms with E-state index in [1.165, 1.54) is 15.6 Å². The summed E-state index contributed by atoms with van der Waals surface area (Å²) in [5.41, 5.74) is 0. The zero-order valence-electron chi connectivity index (χ0n) is 10.5. The average molecular weight is 298 g/mol. The van der Waals surface area contributed by atoms with Crippen LogP contribution in [0.3, 0.4) is 0 Å². The highest BCUT2D eigenvalue weighted by atomic mass is 32.2. The number of hydrogen-bond donors (Lipinski definition) is 0. The van der Waals surface area contributed by atoms with Gasteiger partial charge in [-0.2, -0.15) is 4.31 Å². The van der Waals surface area contributed by atoms with Crippen molar-refractivity contribution in [3.05, 3.63) is 17.5 Å². The molecule has 1 saturated heterocycles. The molecule has 0 radical (unpaired) electrons. The van der Waals surface area contributed by atoms with Crippen LogP contribution in [0.15, 0.2) is 21.7 Å². The third kappa shape index (κ3) is 2.97. The van der Waals surface area contributed by atoms with Crippen LogP contribution in [-0.2, 0) is 14.8 Å². The molecule has 1 aromatic heterocycles. The van der Waals surface area contributed by atoms with Gasteiger partial charge in [-0.05, 0) is 24.3 Å². The summed E-state index contributed by atoms with van der Waals surface area (Å²) >= 11 is 1.21. The quantitative estimate of drug-likeness (QED) is 0.752. The third-order valence-electron chi connectivity index (χ3n) is 2.85. The zero-order chi connectivity index (χ0) is 13.9. The lowest BCUT2D eigenvalue weighted by atomic mass is 10.3. The lowest BCUT2D eigenvalue weighted by Gasteiger charge is -2.32. The molecule has 1 aliphatic rings. The van der Waals surface area contributed by atoms with E-state index in [4.69, 9.17) is 0 Å². The molecule has 0 N–H and O–H groups in total. The Hall–Kier alpha value is -1.36. The molecule has 0 bridgehead atoms. The van der Waals surface area contributed by atoms with Gasteiger partial charge in [0, 0.05) is 26.2 Å². The van der Waals surface area contributed by atoms with E-state index in [1.807, 2.05) is 0 Å². The van der Waals surface area contributed by atoms with Gasteiger partial charge in [0.1, 0.15) is 4.21 Å². The van der Waals surface area contributed by atoms with Gasteiger partial charge in [0.05, 0.1) is 0 Å². The first-order valence-electron chi connectivity index (χ1n) is 5.81. The molecule has 1 aromatic rings. The third-order valence-corrected chi connectivity index (χ3v) is 6.12. The van der Waals surface area contributed by atoms with E-state index in [0.29, 0.717) is 30.4 Å². The van der Waals surface area contributed by atoms with Crippen LogP contribution in [0.2, 0.25) is 0 Å². The maximum absolute atomic E-state index is 12.3. The van der Waals surface area contributed by atoms with Crippen LogP contribution in [0.5, 0.6) is 0 Å². The highest BCUT2D eigenvalue weighted by Crippen LogP contribution is 2.21. The summed E-state index contributed by atoms with van der Waals surface area (Å²) in [5.74, 6) is 4.78. The van der Waals surface area contributed by atoms with E-state index in [-0.39, 0.29) is 5.91 Å². The topological polar surface area (TPSA) is 57.7 Å². The predicted molar refractivity (Wildman–Crippen MR) is 73.1 cm³/mol. The van der Waals surface area contributed by atoms with Gasteiger partial charge in [0.2, 0.25) is 0 Å². The van der Waals surface area contributed by atoms with Crippen molar-refractivity contribution in [3.8, 4) is 11.8 Å². The molecule has 1 aliphatic heterocycles. The maximum Gasteiger partial charge on any atom is 0.298 e. The molecule has 1 amide bonds. The summed E-state index contributed by atoms with van der Waals surface area (Å²) in [6, 6.07) is 3.31. The molecule has 0 aromatic carbocycles. The molecule has 102 valence electrons. The van der Waals surface area contributed by atoms with Gasteiger partial charge in [0.25, 0.3) is 15.9 Å². The molecule has 0 unspecified atom stereocenters. The molecule has 1 fully saturated rings. The number of thiophene rings is 1. The van der Waals surface area contributed by atoms with Crippen molar-refractivity contribution in [2.24, 2.45) is 0 Å². The van der Waals surface area contributed by atoms with Gasteiger partial charge >= 0.3 is 0 Å². The zero-order valence-corrected chi connectivity index (χ0v) is 12.1. The molecule has 0 aliphatic carbocycles. The van der Waals surface area contributed by atoms with Crippen LogP contribution in [0, 0.1) is 11.8 Å². The van der Waals surface area contributed by atoms with Crippen molar-refractivity contribution in [1.29, 1.82) is 0 Å². The molecule has 5 nitrogen and oxygen atoms in total. The van der Waals surface area contributed by atoms with Gasteiger partial charge in [-0.1, -0.05) is 12.0 Å².